The summed E-state index contributed by atoms with van der Waals surface area (Å²) in [6, 6.07) is 49.4. The molecule has 2 nitrogen and oxygen atoms in total. The van der Waals surface area contributed by atoms with Gasteiger partial charge in [0.25, 0.3) is 0 Å². The van der Waals surface area contributed by atoms with E-state index in [1.165, 1.54) is 67.0 Å². The molecule has 3 aliphatic carbocycles. The lowest BCUT2D eigenvalue weighted by molar-refractivity contribution is 0.660. The van der Waals surface area contributed by atoms with E-state index in [9.17, 15) is 0 Å². The van der Waals surface area contributed by atoms with Gasteiger partial charge in [-0.2, -0.15) is 0 Å². The first-order chi connectivity index (χ1) is 29.2. The average Bonchev–Trinajstić information content (AvgIpc) is 3.67. The van der Waals surface area contributed by atoms with E-state index in [2.05, 4.69) is 202 Å². The van der Waals surface area contributed by atoms with Gasteiger partial charge in [0, 0.05) is 45.0 Å². The van der Waals surface area contributed by atoms with Crippen LogP contribution < -0.4 is 9.80 Å². The molecule has 0 aromatic heterocycles. The van der Waals surface area contributed by atoms with Crippen LogP contribution in [0.3, 0.4) is 0 Å². The van der Waals surface area contributed by atoms with Crippen LogP contribution in [-0.2, 0) is 10.8 Å². The second kappa shape index (κ2) is 17.5. The quantitative estimate of drug-likeness (QED) is 0.135. The molecule has 0 spiro atoms. The molecule has 9 rings (SSSR count). The Morgan fingerprint density at radius 3 is 1.48 bits per heavy atom. The molecule has 0 heterocycles. The van der Waals surface area contributed by atoms with E-state index in [0.717, 1.165) is 35.6 Å². The van der Waals surface area contributed by atoms with Gasteiger partial charge < -0.3 is 9.80 Å². The number of anilines is 4. The standard InChI is InChI=1S/C54H48N2.2C2H6/c1-7-16-39(8-2)55(43-31-33-47-45-19-12-14-21-49(45)53(3,4)51(47)35-43)41-27-23-37(24-28-41)38-25-29-42(30-26-38)56(40-17-10-9-11-18-40)44-32-34-48-46-20-13-15-22-50(46)54(5,6)52(48)36-44;2*1-2/h7-8,10,12-36H,1-2,9,11H2,3-6H3;2*1-2H3/b39-16+;;. The first-order valence-corrected chi connectivity index (χ1v) is 21.8. The maximum absolute atomic E-state index is 4.19. The van der Waals surface area contributed by atoms with Crippen molar-refractivity contribution in [3.8, 4) is 33.4 Å². The largest absolute Gasteiger partial charge is 0.311 e. The summed E-state index contributed by atoms with van der Waals surface area (Å²) < 4.78 is 0. The lowest BCUT2D eigenvalue weighted by Crippen LogP contribution is -2.19. The van der Waals surface area contributed by atoms with E-state index in [0.29, 0.717) is 0 Å². The zero-order valence-electron chi connectivity index (χ0n) is 36.9. The predicted octanol–water partition coefficient (Wildman–Crippen LogP) is 16.8. The number of benzene rings is 6. The predicted molar refractivity (Wildman–Crippen MR) is 262 cm³/mol. The number of nitrogens with zero attached hydrogens (tertiary/aromatic N) is 2. The third-order valence-corrected chi connectivity index (χ3v) is 12.2. The highest BCUT2D eigenvalue weighted by atomic mass is 15.2. The van der Waals surface area contributed by atoms with Crippen LogP contribution in [0.5, 0.6) is 0 Å². The van der Waals surface area contributed by atoms with Crippen LogP contribution in [0.4, 0.5) is 22.7 Å². The van der Waals surface area contributed by atoms with Crippen LogP contribution in [0.2, 0.25) is 0 Å². The fourth-order valence-electron chi connectivity index (χ4n) is 9.28. The monoisotopic (exact) mass is 784 g/mol. The average molecular weight is 785 g/mol. The minimum Gasteiger partial charge on any atom is -0.311 e. The molecule has 0 saturated heterocycles. The maximum atomic E-state index is 4.19. The van der Waals surface area contributed by atoms with Gasteiger partial charge in [-0.1, -0.05) is 172 Å². The van der Waals surface area contributed by atoms with Gasteiger partial charge in [-0.05, 0) is 135 Å². The Morgan fingerprint density at radius 2 is 0.983 bits per heavy atom. The van der Waals surface area contributed by atoms with Crippen molar-refractivity contribution >= 4 is 22.7 Å². The lowest BCUT2D eigenvalue weighted by Gasteiger charge is -2.30. The van der Waals surface area contributed by atoms with E-state index in [1.807, 2.05) is 45.9 Å². The highest BCUT2D eigenvalue weighted by Crippen LogP contribution is 2.52. The topological polar surface area (TPSA) is 6.48 Å². The Bertz CT molecular complexity index is 2610. The Hall–Kier alpha value is -6.38. The third kappa shape index (κ3) is 7.30. The molecule has 0 radical (unpaired) electrons. The fraction of sp³-hybridized carbons (Fsp3) is 0.207. The molecular formula is C58H60N2. The van der Waals surface area contributed by atoms with Crippen molar-refractivity contribution in [3.05, 3.63) is 217 Å². The molecule has 302 valence electrons. The van der Waals surface area contributed by atoms with Crippen molar-refractivity contribution in [1.29, 1.82) is 0 Å². The van der Waals surface area contributed by atoms with Crippen molar-refractivity contribution < 1.29 is 0 Å². The van der Waals surface area contributed by atoms with Crippen LogP contribution in [0, 0.1) is 0 Å². The van der Waals surface area contributed by atoms with Crippen LogP contribution >= 0.6 is 0 Å². The van der Waals surface area contributed by atoms with Gasteiger partial charge in [-0.25, -0.2) is 0 Å². The van der Waals surface area contributed by atoms with Gasteiger partial charge in [0.1, 0.15) is 0 Å². The summed E-state index contributed by atoms with van der Waals surface area (Å²) in [7, 11) is 0. The fourth-order valence-corrected chi connectivity index (χ4v) is 9.28. The Labute approximate surface area is 360 Å². The SMILES string of the molecule is C=C/C=C(\C=C)N(c1ccc(-c2ccc(N(C3=CCCC=C3)c3ccc4c(c3)C(C)(C)c3ccccc3-4)cc2)cc1)c1ccc2c(c1)C(C)(C)c1ccccc1-2.CC.CC. The van der Waals surface area contributed by atoms with E-state index in [-0.39, 0.29) is 10.8 Å². The summed E-state index contributed by atoms with van der Waals surface area (Å²) >= 11 is 0. The van der Waals surface area contributed by atoms with Crippen LogP contribution in [-0.4, -0.2) is 0 Å². The Kier molecular flexibility index (Phi) is 12.2. The molecule has 6 aromatic rings. The molecule has 0 fully saturated rings. The lowest BCUT2D eigenvalue weighted by atomic mass is 9.82. The number of hydrogen-bond donors (Lipinski definition) is 0. The number of hydrogen-bond acceptors (Lipinski definition) is 2. The molecule has 2 heteroatoms. The number of allylic oxidation sites excluding steroid dienone is 6. The molecule has 0 aliphatic heterocycles. The third-order valence-electron chi connectivity index (χ3n) is 12.2. The summed E-state index contributed by atoms with van der Waals surface area (Å²) in [5.74, 6) is 0. The second-order valence-electron chi connectivity index (χ2n) is 16.2. The van der Waals surface area contributed by atoms with Crippen molar-refractivity contribution in [3.63, 3.8) is 0 Å². The molecule has 0 atom stereocenters. The minimum atomic E-state index is -0.0947. The molecule has 0 saturated carbocycles. The van der Waals surface area contributed by atoms with E-state index in [4.69, 9.17) is 0 Å². The van der Waals surface area contributed by atoms with Crippen molar-refractivity contribution in [1.82, 2.24) is 0 Å². The summed E-state index contributed by atoms with van der Waals surface area (Å²) in [5.41, 5.74) is 19.7. The van der Waals surface area contributed by atoms with E-state index in [1.54, 1.807) is 0 Å². The van der Waals surface area contributed by atoms with Crippen molar-refractivity contribution in [2.75, 3.05) is 9.80 Å². The molecule has 0 unspecified atom stereocenters. The molecule has 60 heavy (non-hydrogen) atoms. The van der Waals surface area contributed by atoms with E-state index >= 15 is 0 Å². The zero-order chi connectivity index (χ0) is 42.6. The zero-order valence-corrected chi connectivity index (χ0v) is 36.9. The van der Waals surface area contributed by atoms with Gasteiger partial charge in [0.2, 0.25) is 0 Å². The smallest absolute Gasteiger partial charge is 0.0465 e. The Balaban J connectivity index is 0.00000132. The van der Waals surface area contributed by atoms with Crippen molar-refractivity contribution in [2.45, 2.75) is 79.1 Å². The molecule has 0 amide bonds. The van der Waals surface area contributed by atoms with Gasteiger partial charge >= 0.3 is 0 Å². The first kappa shape index (κ1) is 41.8. The Morgan fingerprint density at radius 1 is 0.517 bits per heavy atom. The molecule has 0 N–H and O–H groups in total. The van der Waals surface area contributed by atoms with Crippen LogP contribution in [0.1, 0.15) is 90.5 Å². The summed E-state index contributed by atoms with van der Waals surface area (Å²) in [4.78, 5) is 4.69. The summed E-state index contributed by atoms with van der Waals surface area (Å²) in [5, 5.41) is 0. The highest BCUT2D eigenvalue weighted by Gasteiger charge is 2.37. The van der Waals surface area contributed by atoms with Crippen LogP contribution in [0.15, 0.2) is 194 Å². The molecule has 0 bridgehead atoms. The van der Waals surface area contributed by atoms with Crippen LogP contribution in [0.25, 0.3) is 33.4 Å². The van der Waals surface area contributed by atoms with Gasteiger partial charge in [0.15, 0.2) is 0 Å². The molecular weight excluding hydrogens is 725 g/mol. The highest BCUT2D eigenvalue weighted by molar-refractivity contribution is 5.86. The molecule has 6 aromatic carbocycles. The second-order valence-corrected chi connectivity index (χ2v) is 16.2. The number of fused-ring (bicyclic) bond motifs is 6. The minimum absolute atomic E-state index is 0.0626. The van der Waals surface area contributed by atoms with Gasteiger partial charge in [0.05, 0.1) is 0 Å². The van der Waals surface area contributed by atoms with Gasteiger partial charge in [-0.15, -0.1) is 0 Å². The molecule has 3 aliphatic rings. The normalized spacial score (nSPS) is 14.7. The summed E-state index contributed by atoms with van der Waals surface area (Å²) in [6.45, 7) is 25.6. The van der Waals surface area contributed by atoms with Crippen molar-refractivity contribution in [2.24, 2.45) is 0 Å². The summed E-state index contributed by atoms with van der Waals surface area (Å²) in [6.07, 6.45) is 14.8. The first-order valence-electron chi connectivity index (χ1n) is 21.8. The van der Waals surface area contributed by atoms with E-state index < -0.39 is 0 Å². The maximum Gasteiger partial charge on any atom is 0.0465 e. The number of rotatable bonds is 9. The van der Waals surface area contributed by atoms with Gasteiger partial charge in [-0.3, -0.25) is 0 Å².